The van der Waals surface area contributed by atoms with Gasteiger partial charge in [-0.05, 0) is 63.3 Å². The zero-order valence-electron chi connectivity index (χ0n) is 15.4. The minimum atomic E-state index is 0.467. The second-order valence-corrected chi connectivity index (χ2v) is 7.06. The van der Waals surface area contributed by atoms with Gasteiger partial charge in [-0.15, -0.1) is 0 Å². The van der Waals surface area contributed by atoms with Crippen molar-refractivity contribution in [2.45, 2.75) is 52.4 Å². The van der Waals surface area contributed by atoms with Gasteiger partial charge >= 0.3 is 0 Å². The molecule has 1 aliphatic rings. The Morgan fingerprint density at radius 2 is 1.81 bits per heavy atom. The van der Waals surface area contributed by atoms with E-state index in [0.717, 1.165) is 65.5 Å². The largest absolute Gasteiger partial charge is 0.493 e. The molecule has 0 aliphatic heterocycles. The van der Waals surface area contributed by atoms with Crippen LogP contribution >= 0.6 is 0 Å². The third-order valence-corrected chi connectivity index (χ3v) is 4.58. The lowest BCUT2D eigenvalue weighted by Gasteiger charge is -2.13. The van der Waals surface area contributed by atoms with Crippen LogP contribution in [-0.4, -0.2) is 21.9 Å². The first-order valence-electron chi connectivity index (χ1n) is 9.10. The van der Waals surface area contributed by atoms with Crippen LogP contribution in [0.5, 0.6) is 5.75 Å². The molecule has 1 aromatic carbocycles. The molecule has 1 saturated carbocycles. The highest BCUT2D eigenvalue weighted by molar-refractivity contribution is 5.61. The summed E-state index contributed by atoms with van der Waals surface area (Å²) in [6, 6.07) is 6.08. The number of rotatable bonds is 7. The molecule has 1 fully saturated rings. The molecule has 136 valence electrons. The zero-order valence-corrected chi connectivity index (χ0v) is 15.4. The Hall–Kier alpha value is -2.63. The highest BCUT2D eigenvalue weighted by Gasteiger charge is 2.29. The minimum absolute atomic E-state index is 0.467. The van der Waals surface area contributed by atoms with Crippen LogP contribution in [0.15, 0.2) is 27.2 Å². The van der Waals surface area contributed by atoms with Crippen molar-refractivity contribution in [2.75, 3.05) is 6.61 Å². The standard InChI is InChI=1S/C20H23N3O3/c1-12-9-16(19-21-20(26-23-19)15-6-7-15)10-13(2)18(12)24-8-4-5-17-11-14(3)22-25-17/h9-11,15H,4-8H2,1-3H3. The molecule has 1 aliphatic carbocycles. The lowest BCUT2D eigenvalue weighted by Crippen LogP contribution is -2.02. The Morgan fingerprint density at radius 1 is 1.04 bits per heavy atom. The summed E-state index contributed by atoms with van der Waals surface area (Å²) in [5, 5.41) is 8.03. The van der Waals surface area contributed by atoms with Crippen LogP contribution in [0.2, 0.25) is 0 Å². The van der Waals surface area contributed by atoms with Crippen LogP contribution in [-0.2, 0) is 6.42 Å². The molecule has 2 heterocycles. The predicted octanol–water partition coefficient (Wildman–Crippen LogP) is 4.54. The molecule has 0 N–H and O–H groups in total. The van der Waals surface area contributed by atoms with E-state index in [4.69, 9.17) is 13.8 Å². The van der Waals surface area contributed by atoms with E-state index in [1.54, 1.807) is 0 Å². The maximum Gasteiger partial charge on any atom is 0.230 e. The summed E-state index contributed by atoms with van der Waals surface area (Å²) in [4.78, 5) is 4.53. The quantitative estimate of drug-likeness (QED) is 0.581. The second kappa shape index (κ2) is 6.94. The first kappa shape index (κ1) is 16.8. The Labute approximate surface area is 152 Å². The third kappa shape index (κ3) is 3.64. The highest BCUT2D eigenvalue weighted by Crippen LogP contribution is 2.39. The fourth-order valence-electron chi connectivity index (χ4n) is 3.11. The lowest BCUT2D eigenvalue weighted by molar-refractivity contribution is 0.296. The molecule has 0 spiro atoms. The van der Waals surface area contributed by atoms with Crippen molar-refractivity contribution >= 4 is 0 Å². The lowest BCUT2D eigenvalue weighted by atomic mass is 10.1. The summed E-state index contributed by atoms with van der Waals surface area (Å²) in [5.74, 6) is 3.71. The van der Waals surface area contributed by atoms with E-state index in [-0.39, 0.29) is 0 Å². The molecule has 6 nitrogen and oxygen atoms in total. The van der Waals surface area contributed by atoms with Crippen LogP contribution in [0.1, 0.15) is 53.7 Å². The fourth-order valence-corrected chi connectivity index (χ4v) is 3.11. The van der Waals surface area contributed by atoms with Crippen LogP contribution in [0.4, 0.5) is 0 Å². The number of nitrogens with zero attached hydrogens (tertiary/aromatic N) is 3. The average molecular weight is 353 g/mol. The van der Waals surface area contributed by atoms with Crippen molar-refractivity contribution in [3.05, 3.63) is 46.7 Å². The van der Waals surface area contributed by atoms with Gasteiger partial charge in [-0.25, -0.2) is 0 Å². The van der Waals surface area contributed by atoms with Gasteiger partial charge in [-0.1, -0.05) is 10.3 Å². The summed E-state index contributed by atoms with van der Waals surface area (Å²) in [7, 11) is 0. The van der Waals surface area contributed by atoms with Gasteiger partial charge in [-0.2, -0.15) is 4.98 Å². The monoisotopic (exact) mass is 353 g/mol. The number of aryl methyl sites for hydroxylation is 4. The third-order valence-electron chi connectivity index (χ3n) is 4.58. The van der Waals surface area contributed by atoms with Gasteiger partial charge in [0.1, 0.15) is 11.5 Å². The van der Waals surface area contributed by atoms with E-state index in [9.17, 15) is 0 Å². The van der Waals surface area contributed by atoms with E-state index < -0.39 is 0 Å². The van der Waals surface area contributed by atoms with Gasteiger partial charge in [0.25, 0.3) is 0 Å². The summed E-state index contributed by atoms with van der Waals surface area (Å²) < 4.78 is 16.6. The van der Waals surface area contributed by atoms with E-state index in [1.165, 1.54) is 0 Å². The molecule has 0 atom stereocenters. The summed E-state index contributed by atoms with van der Waals surface area (Å²) in [5.41, 5.74) is 4.04. The average Bonchev–Trinajstić information content (AvgIpc) is 3.19. The molecule has 3 aromatic rings. The van der Waals surface area contributed by atoms with Crippen LogP contribution in [0, 0.1) is 20.8 Å². The Bertz CT molecular complexity index is 886. The van der Waals surface area contributed by atoms with Crippen LogP contribution in [0.3, 0.4) is 0 Å². The summed E-state index contributed by atoms with van der Waals surface area (Å²) in [6.45, 7) is 6.66. The zero-order chi connectivity index (χ0) is 18.1. The van der Waals surface area contributed by atoms with Crippen molar-refractivity contribution < 1.29 is 13.8 Å². The normalized spacial score (nSPS) is 14.0. The smallest absolute Gasteiger partial charge is 0.230 e. The Balaban J connectivity index is 1.40. The molecule has 4 rings (SSSR count). The first-order chi connectivity index (χ1) is 12.6. The van der Waals surface area contributed by atoms with Crippen molar-refractivity contribution in [3.8, 4) is 17.1 Å². The van der Waals surface area contributed by atoms with E-state index >= 15 is 0 Å². The molecule has 2 aromatic heterocycles. The van der Waals surface area contributed by atoms with Gasteiger partial charge in [0.2, 0.25) is 11.7 Å². The summed E-state index contributed by atoms with van der Waals surface area (Å²) >= 11 is 0. The van der Waals surface area contributed by atoms with Gasteiger partial charge in [-0.3, -0.25) is 0 Å². The summed E-state index contributed by atoms with van der Waals surface area (Å²) in [6.07, 6.45) is 4.01. The Kier molecular flexibility index (Phi) is 4.49. The molecule has 26 heavy (non-hydrogen) atoms. The number of aromatic nitrogens is 3. The minimum Gasteiger partial charge on any atom is -0.493 e. The van der Waals surface area contributed by atoms with Gasteiger partial charge in [0.15, 0.2) is 0 Å². The molecular formula is C20H23N3O3. The number of hydrogen-bond donors (Lipinski definition) is 0. The fraction of sp³-hybridized carbons (Fsp3) is 0.450. The molecule has 0 unspecified atom stereocenters. The maximum absolute atomic E-state index is 6.01. The van der Waals surface area contributed by atoms with Gasteiger partial charge < -0.3 is 13.8 Å². The molecule has 0 saturated heterocycles. The van der Waals surface area contributed by atoms with Crippen LogP contribution < -0.4 is 4.74 Å². The van der Waals surface area contributed by atoms with Crippen LogP contribution in [0.25, 0.3) is 11.4 Å². The number of hydrogen-bond acceptors (Lipinski definition) is 6. The van der Waals surface area contributed by atoms with Crippen molar-refractivity contribution in [1.29, 1.82) is 0 Å². The van der Waals surface area contributed by atoms with Gasteiger partial charge in [0.05, 0.1) is 12.3 Å². The number of benzene rings is 1. The van der Waals surface area contributed by atoms with Crippen molar-refractivity contribution in [2.24, 2.45) is 0 Å². The molecular weight excluding hydrogens is 330 g/mol. The molecule has 6 heteroatoms. The van der Waals surface area contributed by atoms with Gasteiger partial charge in [0, 0.05) is 24.0 Å². The van der Waals surface area contributed by atoms with Crippen molar-refractivity contribution in [3.63, 3.8) is 0 Å². The topological polar surface area (TPSA) is 74.2 Å². The maximum atomic E-state index is 6.01. The van der Waals surface area contributed by atoms with E-state index in [2.05, 4.69) is 27.4 Å². The number of ether oxygens (including phenoxy) is 1. The van der Waals surface area contributed by atoms with Crippen molar-refractivity contribution in [1.82, 2.24) is 15.3 Å². The predicted molar refractivity (Wildman–Crippen MR) is 96.2 cm³/mol. The second-order valence-electron chi connectivity index (χ2n) is 7.06. The molecule has 0 bridgehead atoms. The molecule has 0 radical (unpaired) electrons. The highest BCUT2D eigenvalue weighted by atomic mass is 16.5. The van der Waals surface area contributed by atoms with E-state index in [1.807, 2.05) is 26.8 Å². The Morgan fingerprint density at radius 3 is 2.46 bits per heavy atom. The first-order valence-corrected chi connectivity index (χ1v) is 9.10. The molecule has 0 amide bonds. The SMILES string of the molecule is Cc1cc(CCCOc2c(C)cc(-c3noc(C4CC4)n3)cc2C)on1. The van der Waals surface area contributed by atoms with E-state index in [0.29, 0.717) is 18.3 Å².